The second kappa shape index (κ2) is 5.01. The highest BCUT2D eigenvalue weighted by atomic mass is 19.1. The number of ether oxygens (including phenoxy) is 2. The minimum atomic E-state index is -0.632. The maximum atomic E-state index is 13.6. The Kier molecular flexibility index (Phi) is 3.43. The van der Waals surface area contributed by atoms with Crippen LogP contribution < -0.4 is 10.5 Å². The molecule has 94 valence electrons. The first kappa shape index (κ1) is 12.3. The Hall–Kier alpha value is -2.14. The summed E-state index contributed by atoms with van der Waals surface area (Å²) in [5, 5.41) is 0.858. The Morgan fingerprint density at radius 3 is 2.72 bits per heavy atom. The number of nitrogens with two attached hydrogens (primary N) is 1. The molecule has 0 aliphatic carbocycles. The third-order valence-corrected chi connectivity index (χ3v) is 2.55. The molecular formula is C13H12FNO3. The van der Waals surface area contributed by atoms with Crippen molar-refractivity contribution < 1.29 is 18.7 Å². The fraction of sp³-hybridized carbons (Fsp3) is 0.154. The first-order valence-corrected chi connectivity index (χ1v) is 5.28. The second-order valence-electron chi connectivity index (χ2n) is 3.69. The molecule has 0 aliphatic rings. The van der Waals surface area contributed by atoms with E-state index in [-0.39, 0.29) is 23.9 Å². The zero-order chi connectivity index (χ0) is 13.1. The van der Waals surface area contributed by atoms with Gasteiger partial charge in [-0.1, -0.05) is 18.2 Å². The lowest BCUT2D eigenvalue weighted by Crippen LogP contribution is -2.14. The Morgan fingerprint density at radius 2 is 2.06 bits per heavy atom. The molecule has 2 aromatic rings. The van der Waals surface area contributed by atoms with Gasteiger partial charge in [0.2, 0.25) is 0 Å². The number of rotatable bonds is 4. The minimum absolute atomic E-state index is 0.0457. The van der Waals surface area contributed by atoms with Crippen LogP contribution in [0.1, 0.15) is 10.4 Å². The predicted molar refractivity (Wildman–Crippen MR) is 64.9 cm³/mol. The van der Waals surface area contributed by atoms with Gasteiger partial charge in [-0.05, 0) is 12.1 Å². The van der Waals surface area contributed by atoms with Gasteiger partial charge in [-0.25, -0.2) is 4.39 Å². The Labute approximate surface area is 103 Å². The number of hydrogen-bond acceptors (Lipinski definition) is 3. The van der Waals surface area contributed by atoms with E-state index in [1.54, 1.807) is 12.1 Å². The average Bonchev–Trinajstić information content (AvgIpc) is 2.36. The summed E-state index contributed by atoms with van der Waals surface area (Å²) in [5.41, 5.74) is 5.46. The molecule has 0 radical (unpaired) electrons. The summed E-state index contributed by atoms with van der Waals surface area (Å²) in [4.78, 5) is 11.3. The quantitative estimate of drug-likeness (QED) is 0.843. The van der Waals surface area contributed by atoms with Crippen LogP contribution in [-0.4, -0.2) is 19.8 Å². The largest absolute Gasteiger partial charge is 0.466 e. The summed E-state index contributed by atoms with van der Waals surface area (Å²) in [6, 6.07) is 7.49. The fourth-order valence-corrected chi connectivity index (χ4v) is 1.76. The molecular weight excluding hydrogens is 237 g/mol. The molecule has 5 heteroatoms. The lowest BCUT2D eigenvalue weighted by molar-refractivity contribution is 0.0513. The molecule has 1 amide bonds. The molecule has 2 rings (SSSR count). The van der Waals surface area contributed by atoms with Gasteiger partial charge < -0.3 is 15.2 Å². The number of methoxy groups -OCH3 is 1. The van der Waals surface area contributed by atoms with E-state index in [0.717, 1.165) is 0 Å². The zero-order valence-corrected chi connectivity index (χ0v) is 9.77. The number of carbonyl (C=O) groups is 1. The highest BCUT2D eigenvalue weighted by Gasteiger charge is 2.14. The molecule has 0 heterocycles. The van der Waals surface area contributed by atoms with E-state index in [4.69, 9.17) is 15.2 Å². The number of hydrogen-bond donors (Lipinski definition) is 1. The van der Waals surface area contributed by atoms with Crippen LogP contribution in [0.2, 0.25) is 0 Å². The van der Waals surface area contributed by atoms with Crippen molar-refractivity contribution in [2.75, 3.05) is 13.9 Å². The number of amides is 1. The normalized spacial score (nSPS) is 10.6. The van der Waals surface area contributed by atoms with E-state index in [9.17, 15) is 9.18 Å². The van der Waals surface area contributed by atoms with Gasteiger partial charge in [0.1, 0.15) is 11.6 Å². The molecule has 0 unspecified atom stereocenters. The van der Waals surface area contributed by atoms with E-state index in [1.165, 1.54) is 25.3 Å². The van der Waals surface area contributed by atoms with Crippen molar-refractivity contribution in [1.82, 2.24) is 0 Å². The molecule has 0 saturated heterocycles. The van der Waals surface area contributed by atoms with E-state index in [1.807, 2.05) is 0 Å². The summed E-state index contributed by atoms with van der Waals surface area (Å²) in [6.07, 6.45) is 0. The SMILES string of the molecule is COCOc1c(C(N)=O)ccc2c(F)cccc12. The monoisotopic (exact) mass is 249 g/mol. The van der Waals surface area contributed by atoms with Crippen molar-refractivity contribution in [2.45, 2.75) is 0 Å². The number of halogens is 1. The molecule has 4 nitrogen and oxygen atoms in total. The number of benzene rings is 2. The zero-order valence-electron chi connectivity index (χ0n) is 9.77. The average molecular weight is 249 g/mol. The molecule has 0 aliphatic heterocycles. The van der Waals surface area contributed by atoms with E-state index in [2.05, 4.69) is 0 Å². The van der Waals surface area contributed by atoms with E-state index in [0.29, 0.717) is 10.8 Å². The number of carbonyl (C=O) groups excluding carboxylic acids is 1. The lowest BCUT2D eigenvalue weighted by atomic mass is 10.0. The van der Waals surface area contributed by atoms with Crippen LogP contribution in [-0.2, 0) is 4.74 Å². The van der Waals surface area contributed by atoms with Crippen LogP contribution in [0.15, 0.2) is 30.3 Å². The summed E-state index contributed by atoms with van der Waals surface area (Å²) < 4.78 is 23.7. The standard InChI is InChI=1S/C13H12FNO3/c1-17-7-18-12-9-3-2-4-11(14)8(9)5-6-10(12)13(15)16/h2-6H,7H2,1H3,(H2,15,16). The molecule has 0 saturated carbocycles. The highest BCUT2D eigenvalue weighted by Crippen LogP contribution is 2.31. The summed E-state index contributed by atoms with van der Waals surface area (Å²) >= 11 is 0. The highest BCUT2D eigenvalue weighted by molar-refractivity contribution is 6.03. The molecule has 2 N–H and O–H groups in total. The molecule has 0 bridgehead atoms. The summed E-state index contributed by atoms with van der Waals surface area (Å²) in [5.74, 6) is -0.778. The maximum absolute atomic E-state index is 13.6. The maximum Gasteiger partial charge on any atom is 0.252 e. The Bertz CT molecular complexity index is 598. The van der Waals surface area contributed by atoms with Gasteiger partial charge >= 0.3 is 0 Å². The van der Waals surface area contributed by atoms with Crippen molar-refractivity contribution in [1.29, 1.82) is 0 Å². The fourth-order valence-electron chi connectivity index (χ4n) is 1.76. The third-order valence-electron chi connectivity index (χ3n) is 2.55. The van der Waals surface area contributed by atoms with Gasteiger partial charge in [-0.2, -0.15) is 0 Å². The molecule has 2 aromatic carbocycles. The topological polar surface area (TPSA) is 61.6 Å². The van der Waals surface area contributed by atoms with Crippen LogP contribution in [0.5, 0.6) is 5.75 Å². The van der Waals surface area contributed by atoms with Gasteiger partial charge in [-0.15, -0.1) is 0 Å². The smallest absolute Gasteiger partial charge is 0.252 e. The molecule has 0 fully saturated rings. The van der Waals surface area contributed by atoms with Crippen LogP contribution in [0, 0.1) is 5.82 Å². The predicted octanol–water partition coefficient (Wildman–Crippen LogP) is 2.06. The van der Waals surface area contributed by atoms with Crippen LogP contribution in [0.3, 0.4) is 0 Å². The lowest BCUT2D eigenvalue weighted by Gasteiger charge is -2.12. The molecule has 0 atom stereocenters. The third kappa shape index (κ3) is 2.12. The first-order valence-electron chi connectivity index (χ1n) is 5.28. The van der Waals surface area contributed by atoms with Gasteiger partial charge in [0.05, 0.1) is 5.56 Å². The minimum Gasteiger partial charge on any atom is -0.466 e. The van der Waals surface area contributed by atoms with E-state index < -0.39 is 5.91 Å². The van der Waals surface area contributed by atoms with Crippen LogP contribution in [0.25, 0.3) is 10.8 Å². The van der Waals surface area contributed by atoms with Crippen molar-refractivity contribution >= 4 is 16.7 Å². The van der Waals surface area contributed by atoms with Crippen molar-refractivity contribution in [2.24, 2.45) is 5.73 Å². The van der Waals surface area contributed by atoms with Crippen molar-refractivity contribution in [3.05, 3.63) is 41.7 Å². The van der Waals surface area contributed by atoms with E-state index >= 15 is 0 Å². The van der Waals surface area contributed by atoms with Gasteiger partial charge in [-0.3, -0.25) is 4.79 Å². The first-order chi connectivity index (χ1) is 8.65. The van der Waals surface area contributed by atoms with Gasteiger partial charge in [0, 0.05) is 17.9 Å². The number of primary amides is 1. The molecule has 18 heavy (non-hydrogen) atoms. The number of fused-ring (bicyclic) bond motifs is 1. The van der Waals surface area contributed by atoms with Gasteiger partial charge in [0.25, 0.3) is 5.91 Å². The molecule has 0 spiro atoms. The van der Waals surface area contributed by atoms with Crippen LogP contribution >= 0.6 is 0 Å². The summed E-state index contributed by atoms with van der Waals surface area (Å²) in [7, 11) is 1.45. The Balaban J connectivity index is 2.68. The second-order valence-corrected chi connectivity index (χ2v) is 3.69. The summed E-state index contributed by atoms with van der Waals surface area (Å²) in [6.45, 7) is -0.0457. The molecule has 0 aromatic heterocycles. The Morgan fingerprint density at radius 1 is 1.28 bits per heavy atom. The van der Waals surface area contributed by atoms with Crippen molar-refractivity contribution in [3.63, 3.8) is 0 Å². The van der Waals surface area contributed by atoms with Crippen molar-refractivity contribution in [3.8, 4) is 5.75 Å². The van der Waals surface area contributed by atoms with Gasteiger partial charge in [0.15, 0.2) is 6.79 Å². The van der Waals surface area contributed by atoms with Crippen LogP contribution in [0.4, 0.5) is 4.39 Å².